The molecule has 0 aliphatic rings. The monoisotopic (exact) mass is 247 g/mol. The lowest BCUT2D eigenvalue weighted by molar-refractivity contribution is 0.452. The van der Waals surface area contributed by atoms with Gasteiger partial charge in [-0.2, -0.15) is 0 Å². The molecule has 0 bridgehead atoms. The van der Waals surface area contributed by atoms with Gasteiger partial charge in [-0.1, -0.05) is 57.5 Å². The Balaban J connectivity index is 2.62. The second-order valence-corrected chi connectivity index (χ2v) is 6.29. The van der Waals surface area contributed by atoms with E-state index in [0.29, 0.717) is 5.92 Å². The lowest BCUT2D eigenvalue weighted by Gasteiger charge is -2.21. The molecule has 0 saturated heterocycles. The fourth-order valence-electron chi connectivity index (χ4n) is 2.29. The minimum absolute atomic E-state index is 0.643. The minimum atomic E-state index is 0.643. The smallest absolute Gasteiger partial charge is 0.00203 e. The summed E-state index contributed by atoms with van der Waals surface area (Å²) < 4.78 is 0. The summed E-state index contributed by atoms with van der Waals surface area (Å²) in [7, 11) is 0. The van der Waals surface area contributed by atoms with Crippen molar-refractivity contribution in [2.45, 2.75) is 47.0 Å². The van der Waals surface area contributed by atoms with E-state index in [1.165, 1.54) is 17.5 Å². The fraction of sp³-hybridized carbons (Fsp3) is 0.647. The lowest BCUT2D eigenvalue weighted by atomic mass is 9.89. The number of aryl methyl sites for hydroxylation is 1. The Hall–Kier alpha value is -0.820. The largest absolute Gasteiger partial charge is 0.316 e. The zero-order valence-electron chi connectivity index (χ0n) is 12.7. The Morgan fingerprint density at radius 3 is 2.00 bits per heavy atom. The van der Waals surface area contributed by atoms with Crippen LogP contribution in [0.3, 0.4) is 0 Å². The molecule has 1 aromatic carbocycles. The van der Waals surface area contributed by atoms with Crippen molar-refractivity contribution in [2.75, 3.05) is 13.1 Å². The highest BCUT2D eigenvalue weighted by Gasteiger charge is 2.13. The molecule has 1 nitrogen and oxygen atoms in total. The summed E-state index contributed by atoms with van der Waals surface area (Å²) in [6.07, 6.45) is 1.26. The zero-order valence-corrected chi connectivity index (χ0v) is 12.7. The molecular weight excluding hydrogens is 218 g/mol. The average Bonchev–Trinajstić information content (AvgIpc) is 2.28. The first-order valence-corrected chi connectivity index (χ1v) is 7.26. The summed E-state index contributed by atoms with van der Waals surface area (Å²) in [6.45, 7) is 13.5. The van der Waals surface area contributed by atoms with Crippen molar-refractivity contribution in [3.05, 3.63) is 35.4 Å². The summed E-state index contributed by atoms with van der Waals surface area (Å²) in [6, 6.07) is 9.04. The first-order chi connectivity index (χ1) is 8.49. The van der Waals surface area contributed by atoms with Gasteiger partial charge >= 0.3 is 0 Å². The van der Waals surface area contributed by atoms with Crippen LogP contribution in [-0.2, 0) is 0 Å². The van der Waals surface area contributed by atoms with Gasteiger partial charge in [-0.25, -0.2) is 0 Å². The Kier molecular flexibility index (Phi) is 6.42. The molecule has 0 heterocycles. The van der Waals surface area contributed by atoms with E-state index in [1.54, 1.807) is 0 Å². The summed E-state index contributed by atoms with van der Waals surface area (Å²) in [5, 5.41) is 3.60. The number of hydrogen-bond acceptors (Lipinski definition) is 1. The molecule has 1 aromatic rings. The Labute approximate surface area is 113 Å². The third-order valence-corrected chi connectivity index (χ3v) is 3.25. The van der Waals surface area contributed by atoms with Crippen LogP contribution in [0.25, 0.3) is 0 Å². The summed E-state index contributed by atoms with van der Waals surface area (Å²) in [4.78, 5) is 0. The van der Waals surface area contributed by atoms with Crippen molar-refractivity contribution >= 4 is 0 Å². The van der Waals surface area contributed by atoms with Gasteiger partial charge in [-0.05, 0) is 43.2 Å². The molecule has 0 aromatic heterocycles. The highest BCUT2D eigenvalue weighted by Crippen LogP contribution is 2.23. The predicted octanol–water partition coefficient (Wildman–Crippen LogP) is 4.37. The molecule has 18 heavy (non-hydrogen) atoms. The second-order valence-electron chi connectivity index (χ2n) is 6.29. The van der Waals surface area contributed by atoms with Gasteiger partial charge in [0.15, 0.2) is 0 Å². The van der Waals surface area contributed by atoms with Crippen molar-refractivity contribution in [2.24, 2.45) is 11.8 Å². The Bertz CT molecular complexity index is 324. The molecule has 0 aliphatic heterocycles. The maximum absolute atomic E-state index is 3.60. The SMILES string of the molecule is Cc1ccc(C(CNCC(C)C)CC(C)C)cc1. The standard InChI is InChI=1S/C17H29N/c1-13(2)10-17(12-18-11-14(3)4)16-8-6-15(5)7-9-16/h6-9,13-14,17-18H,10-12H2,1-5H3. The Morgan fingerprint density at radius 1 is 0.889 bits per heavy atom. The highest BCUT2D eigenvalue weighted by molar-refractivity contribution is 5.24. The van der Waals surface area contributed by atoms with E-state index < -0.39 is 0 Å². The van der Waals surface area contributed by atoms with Crippen molar-refractivity contribution in [3.63, 3.8) is 0 Å². The molecule has 102 valence electrons. The van der Waals surface area contributed by atoms with Gasteiger partial charge in [0.2, 0.25) is 0 Å². The van der Waals surface area contributed by atoms with Crippen LogP contribution >= 0.6 is 0 Å². The predicted molar refractivity (Wildman–Crippen MR) is 81.1 cm³/mol. The summed E-state index contributed by atoms with van der Waals surface area (Å²) >= 11 is 0. The van der Waals surface area contributed by atoms with Crippen LogP contribution in [0.5, 0.6) is 0 Å². The number of benzene rings is 1. The maximum atomic E-state index is 3.60. The van der Waals surface area contributed by atoms with Crippen LogP contribution in [0.1, 0.15) is 51.2 Å². The van der Waals surface area contributed by atoms with Crippen molar-refractivity contribution in [1.29, 1.82) is 0 Å². The molecule has 1 unspecified atom stereocenters. The van der Waals surface area contributed by atoms with Gasteiger partial charge in [0.05, 0.1) is 0 Å². The van der Waals surface area contributed by atoms with E-state index in [9.17, 15) is 0 Å². The topological polar surface area (TPSA) is 12.0 Å². The van der Waals surface area contributed by atoms with E-state index >= 15 is 0 Å². The van der Waals surface area contributed by atoms with E-state index in [1.807, 2.05) is 0 Å². The molecule has 0 spiro atoms. The quantitative estimate of drug-likeness (QED) is 0.754. The summed E-state index contributed by atoms with van der Waals surface area (Å²) in [5.41, 5.74) is 2.82. The normalized spacial score (nSPS) is 13.3. The molecule has 1 rings (SSSR count). The molecule has 1 atom stereocenters. The van der Waals surface area contributed by atoms with Gasteiger partial charge in [-0.3, -0.25) is 0 Å². The molecule has 0 amide bonds. The third kappa shape index (κ3) is 5.68. The number of rotatable bonds is 7. The van der Waals surface area contributed by atoms with Crippen LogP contribution < -0.4 is 5.32 Å². The first kappa shape index (κ1) is 15.2. The molecule has 1 N–H and O–H groups in total. The molecule has 0 aliphatic carbocycles. The van der Waals surface area contributed by atoms with Crippen molar-refractivity contribution < 1.29 is 0 Å². The van der Waals surface area contributed by atoms with E-state index in [2.05, 4.69) is 64.2 Å². The fourth-order valence-corrected chi connectivity index (χ4v) is 2.29. The van der Waals surface area contributed by atoms with Gasteiger partial charge in [-0.15, -0.1) is 0 Å². The molecule has 0 saturated carbocycles. The second kappa shape index (κ2) is 7.58. The molecular formula is C17H29N. The lowest BCUT2D eigenvalue weighted by Crippen LogP contribution is -2.26. The van der Waals surface area contributed by atoms with Crippen LogP contribution in [0.2, 0.25) is 0 Å². The van der Waals surface area contributed by atoms with E-state index in [0.717, 1.165) is 24.9 Å². The number of hydrogen-bond donors (Lipinski definition) is 1. The molecule has 1 heteroatoms. The Morgan fingerprint density at radius 2 is 1.50 bits per heavy atom. The average molecular weight is 247 g/mol. The first-order valence-electron chi connectivity index (χ1n) is 7.26. The zero-order chi connectivity index (χ0) is 13.5. The van der Waals surface area contributed by atoms with Crippen LogP contribution in [-0.4, -0.2) is 13.1 Å². The van der Waals surface area contributed by atoms with Crippen LogP contribution in [0.4, 0.5) is 0 Å². The van der Waals surface area contributed by atoms with Crippen molar-refractivity contribution in [1.82, 2.24) is 5.32 Å². The highest BCUT2D eigenvalue weighted by atomic mass is 14.9. The van der Waals surface area contributed by atoms with Crippen LogP contribution in [0, 0.1) is 18.8 Å². The van der Waals surface area contributed by atoms with Gasteiger partial charge in [0.25, 0.3) is 0 Å². The van der Waals surface area contributed by atoms with E-state index in [-0.39, 0.29) is 0 Å². The molecule has 0 fully saturated rings. The summed E-state index contributed by atoms with van der Waals surface area (Å²) in [5.74, 6) is 2.12. The third-order valence-electron chi connectivity index (χ3n) is 3.25. The van der Waals surface area contributed by atoms with Gasteiger partial charge in [0.1, 0.15) is 0 Å². The number of nitrogens with one attached hydrogen (secondary N) is 1. The maximum Gasteiger partial charge on any atom is 0.00203 e. The minimum Gasteiger partial charge on any atom is -0.316 e. The van der Waals surface area contributed by atoms with Crippen molar-refractivity contribution in [3.8, 4) is 0 Å². The van der Waals surface area contributed by atoms with Crippen LogP contribution in [0.15, 0.2) is 24.3 Å². The van der Waals surface area contributed by atoms with Gasteiger partial charge < -0.3 is 5.32 Å². The van der Waals surface area contributed by atoms with Gasteiger partial charge in [0, 0.05) is 6.54 Å². The van der Waals surface area contributed by atoms with E-state index in [4.69, 9.17) is 0 Å². The molecule has 0 radical (unpaired) electrons.